The van der Waals surface area contributed by atoms with Gasteiger partial charge in [-0.2, -0.15) is 5.26 Å². The summed E-state index contributed by atoms with van der Waals surface area (Å²) in [7, 11) is 0. The topological polar surface area (TPSA) is 171 Å². The predicted molar refractivity (Wildman–Crippen MR) is 136 cm³/mol. The van der Waals surface area contributed by atoms with E-state index in [1.54, 1.807) is 13.8 Å². The molecule has 1 saturated heterocycles. The number of nitrogens with zero attached hydrogens (tertiary/aromatic N) is 3. The second-order valence-corrected chi connectivity index (χ2v) is 9.82. The first-order chi connectivity index (χ1) is 18.0. The van der Waals surface area contributed by atoms with Crippen molar-refractivity contribution in [2.75, 3.05) is 19.7 Å². The van der Waals surface area contributed by atoms with E-state index in [2.05, 4.69) is 21.0 Å². The second-order valence-electron chi connectivity index (χ2n) is 9.82. The fourth-order valence-electron chi connectivity index (χ4n) is 3.90. The maximum atomic E-state index is 13.2. The van der Waals surface area contributed by atoms with Gasteiger partial charge in [0.05, 0.1) is 6.04 Å². The van der Waals surface area contributed by atoms with E-state index in [-0.39, 0.29) is 48.0 Å². The SMILES string of the molecule is CC(C)CC(=O)NCCC(=O)N1NCCC[C@H]1C(=O)N[C@H](C(=O)COC(=O)c1cccc(C#N)n1)C(C)C. The van der Waals surface area contributed by atoms with Crippen molar-refractivity contribution >= 4 is 29.5 Å². The number of ether oxygens (including phenoxy) is 1. The fraction of sp³-hybridized carbons (Fsp3) is 0.577. The van der Waals surface area contributed by atoms with Crippen molar-refractivity contribution in [1.29, 1.82) is 5.26 Å². The molecule has 12 nitrogen and oxygen atoms in total. The number of hydrogen-bond acceptors (Lipinski definition) is 9. The maximum Gasteiger partial charge on any atom is 0.357 e. The number of aromatic nitrogens is 1. The van der Waals surface area contributed by atoms with E-state index in [0.29, 0.717) is 25.8 Å². The lowest BCUT2D eigenvalue weighted by Crippen LogP contribution is -2.61. The van der Waals surface area contributed by atoms with Gasteiger partial charge in [-0.15, -0.1) is 0 Å². The van der Waals surface area contributed by atoms with Crippen LogP contribution in [0.4, 0.5) is 0 Å². The lowest BCUT2D eigenvalue weighted by molar-refractivity contribution is -0.147. The molecule has 1 fully saturated rings. The van der Waals surface area contributed by atoms with Gasteiger partial charge in [0.2, 0.25) is 17.7 Å². The molecule has 1 aromatic heterocycles. The molecule has 2 atom stereocenters. The van der Waals surface area contributed by atoms with Gasteiger partial charge in [0.15, 0.2) is 12.4 Å². The summed E-state index contributed by atoms with van der Waals surface area (Å²) in [5.41, 5.74) is 2.88. The van der Waals surface area contributed by atoms with Crippen molar-refractivity contribution in [2.24, 2.45) is 11.8 Å². The Morgan fingerprint density at radius 2 is 1.95 bits per heavy atom. The lowest BCUT2D eigenvalue weighted by atomic mass is 9.98. The zero-order valence-electron chi connectivity index (χ0n) is 22.3. The average molecular weight is 529 g/mol. The summed E-state index contributed by atoms with van der Waals surface area (Å²) >= 11 is 0. The molecule has 0 spiro atoms. The minimum Gasteiger partial charge on any atom is -0.453 e. The highest BCUT2D eigenvalue weighted by atomic mass is 16.5. The minimum absolute atomic E-state index is 0.0180. The number of hydrazine groups is 1. The minimum atomic E-state index is -0.956. The maximum absolute atomic E-state index is 13.2. The number of amides is 3. The van der Waals surface area contributed by atoms with E-state index >= 15 is 0 Å². The number of hydrogen-bond donors (Lipinski definition) is 3. The Kier molecular flexibility index (Phi) is 11.8. The van der Waals surface area contributed by atoms with Gasteiger partial charge in [-0.1, -0.05) is 33.8 Å². The fourth-order valence-corrected chi connectivity index (χ4v) is 3.90. The molecule has 1 aromatic rings. The second kappa shape index (κ2) is 14.8. The first-order valence-electron chi connectivity index (χ1n) is 12.7. The van der Waals surface area contributed by atoms with Crippen molar-refractivity contribution < 1.29 is 28.7 Å². The number of pyridine rings is 1. The average Bonchev–Trinajstić information content (AvgIpc) is 2.89. The van der Waals surface area contributed by atoms with Gasteiger partial charge >= 0.3 is 5.97 Å². The van der Waals surface area contributed by atoms with E-state index in [1.165, 1.54) is 23.2 Å². The molecular weight excluding hydrogens is 492 g/mol. The number of nitrogens with one attached hydrogen (secondary N) is 3. The van der Waals surface area contributed by atoms with Crippen molar-refractivity contribution in [3.63, 3.8) is 0 Å². The molecule has 2 rings (SSSR count). The Bertz CT molecular complexity index is 1070. The van der Waals surface area contributed by atoms with Crippen molar-refractivity contribution in [1.82, 2.24) is 26.1 Å². The molecule has 0 bridgehead atoms. The van der Waals surface area contributed by atoms with Gasteiger partial charge in [0.25, 0.3) is 0 Å². The predicted octanol–water partition coefficient (Wildman–Crippen LogP) is 0.868. The highest BCUT2D eigenvalue weighted by Gasteiger charge is 2.35. The first-order valence-corrected chi connectivity index (χ1v) is 12.7. The molecule has 0 saturated carbocycles. The summed E-state index contributed by atoms with van der Waals surface area (Å²) in [5, 5.41) is 15.6. The third kappa shape index (κ3) is 9.23. The quantitative estimate of drug-likeness (QED) is 0.333. The van der Waals surface area contributed by atoms with Crippen LogP contribution in [0, 0.1) is 23.2 Å². The van der Waals surface area contributed by atoms with Gasteiger partial charge in [-0.3, -0.25) is 24.2 Å². The summed E-state index contributed by atoms with van der Waals surface area (Å²) in [5.74, 6) is -2.48. The zero-order chi connectivity index (χ0) is 28.2. The number of carbonyl (C=O) groups excluding carboxylic acids is 5. The Hall–Kier alpha value is -3.85. The van der Waals surface area contributed by atoms with E-state index in [4.69, 9.17) is 10.00 Å². The Labute approximate surface area is 222 Å². The smallest absolute Gasteiger partial charge is 0.357 e. The summed E-state index contributed by atoms with van der Waals surface area (Å²) in [6.07, 6.45) is 1.44. The molecule has 1 aliphatic rings. The summed E-state index contributed by atoms with van der Waals surface area (Å²) in [6.45, 7) is 7.41. The summed E-state index contributed by atoms with van der Waals surface area (Å²) in [4.78, 5) is 66.8. The van der Waals surface area contributed by atoms with Crippen LogP contribution in [-0.4, -0.2) is 71.2 Å². The number of Topliss-reactive ketones (excluding diaryl/α,β-unsaturated/α-hetero) is 1. The monoisotopic (exact) mass is 528 g/mol. The van der Waals surface area contributed by atoms with Crippen LogP contribution in [0.3, 0.4) is 0 Å². The molecular formula is C26H36N6O6. The Morgan fingerprint density at radius 1 is 1.21 bits per heavy atom. The van der Waals surface area contributed by atoms with Crippen molar-refractivity contribution in [3.8, 4) is 6.07 Å². The molecule has 0 aromatic carbocycles. The highest BCUT2D eigenvalue weighted by molar-refractivity contribution is 5.95. The highest BCUT2D eigenvalue weighted by Crippen LogP contribution is 2.14. The van der Waals surface area contributed by atoms with Crippen LogP contribution in [0.2, 0.25) is 0 Å². The van der Waals surface area contributed by atoms with Crippen molar-refractivity contribution in [3.05, 3.63) is 29.6 Å². The Morgan fingerprint density at radius 3 is 2.61 bits per heavy atom. The molecule has 206 valence electrons. The molecule has 2 heterocycles. The van der Waals surface area contributed by atoms with Gasteiger partial charge in [-0.05, 0) is 36.8 Å². The third-order valence-electron chi connectivity index (χ3n) is 5.80. The van der Waals surface area contributed by atoms with E-state index < -0.39 is 36.4 Å². The Balaban J connectivity index is 1.96. The molecule has 3 amide bonds. The summed E-state index contributed by atoms with van der Waals surface area (Å²) < 4.78 is 5.07. The molecule has 1 aliphatic heterocycles. The molecule has 3 N–H and O–H groups in total. The number of esters is 1. The van der Waals surface area contributed by atoms with E-state index in [0.717, 1.165) is 0 Å². The first kappa shape index (κ1) is 30.4. The standard InChI is InChI=1S/C26H36N6O6/c1-16(2)13-22(34)28-12-10-23(35)32-20(9-6-11-29-32)25(36)31-24(17(3)4)21(33)15-38-26(37)19-8-5-7-18(14-27)30-19/h5,7-8,16-17,20,24,29H,6,9-13,15H2,1-4H3,(H,28,34)(H,31,36)/t20-,24-/m0/s1. The van der Waals surface area contributed by atoms with Crippen LogP contribution < -0.4 is 16.1 Å². The lowest BCUT2D eigenvalue weighted by Gasteiger charge is -2.36. The van der Waals surface area contributed by atoms with E-state index in [1.807, 2.05) is 19.9 Å². The largest absolute Gasteiger partial charge is 0.453 e. The molecule has 0 radical (unpaired) electrons. The van der Waals surface area contributed by atoms with Crippen molar-refractivity contribution in [2.45, 2.75) is 65.5 Å². The van der Waals surface area contributed by atoms with Gasteiger partial charge in [0, 0.05) is 25.9 Å². The zero-order valence-corrected chi connectivity index (χ0v) is 22.3. The third-order valence-corrected chi connectivity index (χ3v) is 5.80. The van der Waals surface area contributed by atoms with Crippen LogP contribution in [0.15, 0.2) is 18.2 Å². The molecule has 38 heavy (non-hydrogen) atoms. The number of rotatable bonds is 12. The van der Waals surface area contributed by atoms with Crippen LogP contribution in [-0.2, 0) is 23.9 Å². The number of nitriles is 1. The van der Waals surface area contributed by atoms with Crippen LogP contribution in [0.1, 0.15) is 69.6 Å². The molecule has 0 unspecified atom stereocenters. The van der Waals surface area contributed by atoms with Gasteiger partial charge < -0.3 is 15.4 Å². The number of carbonyl (C=O) groups is 5. The summed E-state index contributed by atoms with van der Waals surface area (Å²) in [6, 6.07) is 4.31. The van der Waals surface area contributed by atoms with Crippen LogP contribution >= 0.6 is 0 Å². The van der Waals surface area contributed by atoms with E-state index in [9.17, 15) is 24.0 Å². The van der Waals surface area contributed by atoms with Crippen LogP contribution in [0.5, 0.6) is 0 Å². The van der Waals surface area contributed by atoms with Gasteiger partial charge in [0.1, 0.15) is 23.5 Å². The molecule has 12 heteroatoms. The van der Waals surface area contributed by atoms with Crippen LogP contribution in [0.25, 0.3) is 0 Å². The normalized spacial score (nSPS) is 15.9. The number of ketones is 1. The van der Waals surface area contributed by atoms with Gasteiger partial charge in [-0.25, -0.2) is 15.2 Å². The molecule has 0 aliphatic carbocycles.